The molecule has 0 saturated carbocycles. The number of hydrazine groups is 1. The minimum atomic E-state index is -1.97. The summed E-state index contributed by atoms with van der Waals surface area (Å²) >= 11 is 0. The topological polar surface area (TPSA) is 41.1 Å². The summed E-state index contributed by atoms with van der Waals surface area (Å²) in [6.45, 7) is 3.62. The molecule has 1 aromatic carbocycles. The molecule has 14 heavy (non-hydrogen) atoms. The molecule has 0 aliphatic heterocycles. The first-order valence-electron chi connectivity index (χ1n) is 4.57. The Hall–Kier alpha value is -0.790. The van der Waals surface area contributed by atoms with Crippen molar-refractivity contribution in [2.75, 3.05) is 25.8 Å². The van der Waals surface area contributed by atoms with Gasteiger partial charge in [0.15, 0.2) is 0 Å². The highest BCUT2D eigenvalue weighted by atomic mass is 31.2. The van der Waals surface area contributed by atoms with Crippen LogP contribution in [-0.2, 0) is 10.7 Å². The maximum absolute atomic E-state index is 11.6. The maximum Gasteiger partial charge on any atom is 0.0861 e. The van der Waals surface area contributed by atoms with E-state index < -0.39 is 7.14 Å². The predicted octanol–water partition coefficient (Wildman–Crippen LogP) is 2.36. The van der Waals surface area contributed by atoms with Gasteiger partial charge in [-0.2, -0.15) is 0 Å². The van der Waals surface area contributed by atoms with E-state index in [0.717, 1.165) is 11.3 Å². The van der Waals surface area contributed by atoms with Gasteiger partial charge in [0.05, 0.1) is 7.14 Å². The van der Waals surface area contributed by atoms with Gasteiger partial charge < -0.3 is 9.99 Å². The highest BCUT2D eigenvalue weighted by Crippen LogP contribution is 2.40. The highest BCUT2D eigenvalue weighted by Gasteiger charge is 2.08. The summed E-state index contributed by atoms with van der Waals surface area (Å²) in [5.41, 5.74) is 7.96. The maximum atomic E-state index is 11.6. The average molecular weight is 212 g/mol. The Morgan fingerprint density at radius 2 is 2.07 bits per heavy atom. The molecule has 0 radical (unpaired) electrons. The molecule has 0 aliphatic rings. The van der Waals surface area contributed by atoms with E-state index in [9.17, 15) is 4.57 Å². The van der Waals surface area contributed by atoms with E-state index in [0.29, 0.717) is 6.16 Å². The molecule has 4 heteroatoms. The van der Waals surface area contributed by atoms with E-state index >= 15 is 0 Å². The first kappa shape index (κ1) is 11.3. The lowest BCUT2D eigenvalue weighted by atomic mass is 10.2. The quantitative estimate of drug-likeness (QED) is 0.594. The van der Waals surface area contributed by atoms with Gasteiger partial charge >= 0.3 is 0 Å². The summed E-state index contributed by atoms with van der Waals surface area (Å²) < 4.78 is 11.6. The number of hydrogen-bond acceptors (Lipinski definition) is 3. The molecular formula is C10H17N2OP. The third-order valence-electron chi connectivity index (χ3n) is 1.76. The zero-order valence-corrected chi connectivity index (χ0v) is 9.77. The summed E-state index contributed by atoms with van der Waals surface area (Å²) in [6.07, 6.45) is 0.659. The molecule has 1 aromatic rings. The summed E-state index contributed by atoms with van der Waals surface area (Å²) in [6, 6.07) is 7.94. The van der Waals surface area contributed by atoms with Crippen molar-refractivity contribution < 1.29 is 4.57 Å². The summed E-state index contributed by atoms with van der Waals surface area (Å²) in [7, 11) is -0.158. The number of anilines is 1. The fraction of sp³-hybridized carbons (Fsp3) is 0.400. The average Bonchev–Trinajstić information content (AvgIpc) is 2.02. The summed E-state index contributed by atoms with van der Waals surface area (Å²) in [4.78, 5) is 0. The first-order chi connectivity index (χ1) is 6.51. The molecule has 0 saturated heterocycles. The third-order valence-corrected chi connectivity index (χ3v) is 2.89. The van der Waals surface area contributed by atoms with E-state index in [1.165, 1.54) is 0 Å². The van der Waals surface area contributed by atoms with Crippen molar-refractivity contribution in [1.82, 2.24) is 5.43 Å². The lowest BCUT2D eigenvalue weighted by molar-refractivity contribution is 0.582. The summed E-state index contributed by atoms with van der Waals surface area (Å²) in [5, 5.41) is 0. The second kappa shape index (κ2) is 4.63. The van der Waals surface area contributed by atoms with Gasteiger partial charge in [0.25, 0.3) is 0 Å². The van der Waals surface area contributed by atoms with Gasteiger partial charge in [0.2, 0.25) is 0 Å². The molecule has 0 atom stereocenters. The van der Waals surface area contributed by atoms with Gasteiger partial charge in [0, 0.05) is 18.9 Å². The zero-order chi connectivity index (χ0) is 10.6. The molecular weight excluding hydrogens is 195 g/mol. The lowest BCUT2D eigenvalue weighted by Gasteiger charge is -2.09. The van der Waals surface area contributed by atoms with Crippen molar-refractivity contribution in [2.24, 2.45) is 0 Å². The second-order valence-electron chi connectivity index (χ2n) is 3.81. The molecule has 0 spiro atoms. The van der Waals surface area contributed by atoms with Crippen LogP contribution in [0.3, 0.4) is 0 Å². The SMILES string of the molecule is CNNc1cccc(CP(C)(C)=O)c1. The Kier molecular flexibility index (Phi) is 3.73. The van der Waals surface area contributed by atoms with Crippen LogP contribution in [0.5, 0.6) is 0 Å². The predicted molar refractivity (Wildman–Crippen MR) is 62.3 cm³/mol. The van der Waals surface area contributed by atoms with Crippen molar-refractivity contribution in [3.63, 3.8) is 0 Å². The van der Waals surface area contributed by atoms with Crippen LogP contribution in [0.1, 0.15) is 5.56 Å². The minimum Gasteiger partial charge on any atom is -0.324 e. The van der Waals surface area contributed by atoms with Crippen molar-refractivity contribution in [1.29, 1.82) is 0 Å². The Labute approximate surface area is 85.3 Å². The Bertz CT molecular complexity index is 346. The van der Waals surface area contributed by atoms with Crippen LogP contribution in [0.15, 0.2) is 24.3 Å². The van der Waals surface area contributed by atoms with Crippen LogP contribution < -0.4 is 10.9 Å². The number of hydrogen-bond donors (Lipinski definition) is 2. The molecule has 78 valence electrons. The second-order valence-corrected chi connectivity index (χ2v) is 7.27. The van der Waals surface area contributed by atoms with Crippen LogP contribution in [-0.4, -0.2) is 20.4 Å². The van der Waals surface area contributed by atoms with Crippen LogP contribution in [0.25, 0.3) is 0 Å². The standard InChI is InChI=1S/C10H17N2OP/c1-11-12-10-6-4-5-9(7-10)8-14(2,3)13/h4-7,11-12H,8H2,1-3H3. The fourth-order valence-corrected chi connectivity index (χ4v) is 2.41. The van der Waals surface area contributed by atoms with E-state index in [-0.39, 0.29) is 0 Å². The van der Waals surface area contributed by atoms with Crippen LogP contribution >= 0.6 is 7.14 Å². The van der Waals surface area contributed by atoms with Crippen molar-refractivity contribution >= 4 is 12.8 Å². The number of nitrogens with one attached hydrogen (secondary N) is 2. The smallest absolute Gasteiger partial charge is 0.0861 e. The van der Waals surface area contributed by atoms with E-state index in [1.807, 2.05) is 44.6 Å². The first-order valence-corrected chi connectivity index (χ1v) is 7.35. The van der Waals surface area contributed by atoms with E-state index in [4.69, 9.17) is 0 Å². The van der Waals surface area contributed by atoms with Crippen molar-refractivity contribution in [3.8, 4) is 0 Å². The molecule has 0 aliphatic carbocycles. The van der Waals surface area contributed by atoms with Gasteiger partial charge in [-0.25, -0.2) is 5.43 Å². The number of rotatable bonds is 4. The van der Waals surface area contributed by atoms with E-state index in [1.54, 1.807) is 0 Å². The van der Waals surface area contributed by atoms with E-state index in [2.05, 4.69) is 10.9 Å². The number of benzene rings is 1. The van der Waals surface area contributed by atoms with Gasteiger partial charge in [0.1, 0.15) is 0 Å². The molecule has 0 aromatic heterocycles. The fourth-order valence-electron chi connectivity index (χ4n) is 1.33. The Morgan fingerprint density at radius 1 is 1.36 bits per heavy atom. The normalized spacial score (nSPS) is 11.4. The molecule has 0 amide bonds. The highest BCUT2D eigenvalue weighted by molar-refractivity contribution is 7.61. The molecule has 0 heterocycles. The van der Waals surface area contributed by atoms with Crippen LogP contribution in [0.4, 0.5) is 5.69 Å². The molecule has 0 bridgehead atoms. The molecule has 1 rings (SSSR count). The lowest BCUT2D eigenvalue weighted by Crippen LogP contribution is -2.14. The van der Waals surface area contributed by atoms with Crippen LogP contribution in [0.2, 0.25) is 0 Å². The van der Waals surface area contributed by atoms with Gasteiger partial charge in [-0.05, 0) is 31.0 Å². The Balaban J connectivity index is 2.78. The van der Waals surface area contributed by atoms with Crippen molar-refractivity contribution in [2.45, 2.75) is 6.16 Å². The van der Waals surface area contributed by atoms with Gasteiger partial charge in [-0.3, -0.25) is 0 Å². The molecule has 2 N–H and O–H groups in total. The van der Waals surface area contributed by atoms with Gasteiger partial charge in [-0.1, -0.05) is 12.1 Å². The minimum absolute atomic E-state index is 0.659. The monoisotopic (exact) mass is 212 g/mol. The largest absolute Gasteiger partial charge is 0.324 e. The zero-order valence-electron chi connectivity index (χ0n) is 8.87. The molecule has 0 fully saturated rings. The Morgan fingerprint density at radius 3 is 2.64 bits per heavy atom. The van der Waals surface area contributed by atoms with Gasteiger partial charge in [-0.15, -0.1) is 0 Å². The van der Waals surface area contributed by atoms with Crippen LogP contribution in [0, 0.1) is 0 Å². The molecule has 3 nitrogen and oxygen atoms in total. The van der Waals surface area contributed by atoms with Crippen molar-refractivity contribution in [3.05, 3.63) is 29.8 Å². The third kappa shape index (κ3) is 3.95. The molecule has 0 unspecified atom stereocenters. The summed E-state index contributed by atoms with van der Waals surface area (Å²) in [5.74, 6) is 0.